The Morgan fingerprint density at radius 1 is 1.19 bits per heavy atom. The highest BCUT2D eigenvalue weighted by Gasteiger charge is 2.22. The summed E-state index contributed by atoms with van der Waals surface area (Å²) in [6.45, 7) is 10.9. The number of rotatable bonds is 11. The molecule has 1 heterocycles. The average Bonchev–Trinajstić information content (AvgIpc) is 2.98. The molecule has 1 aromatic rings. The average molecular weight is 365 g/mol. The Hall–Kier alpha value is -1.98. The Bertz CT molecular complexity index is 554. The zero-order valence-corrected chi connectivity index (χ0v) is 17.1. The van der Waals surface area contributed by atoms with E-state index in [9.17, 15) is 9.59 Å². The van der Waals surface area contributed by atoms with Crippen LogP contribution in [0.2, 0.25) is 0 Å². The maximum absolute atomic E-state index is 12.9. The summed E-state index contributed by atoms with van der Waals surface area (Å²) < 4.78 is 2.03. The molecule has 0 aliphatic heterocycles. The lowest BCUT2D eigenvalue weighted by atomic mass is 10.2. The van der Waals surface area contributed by atoms with E-state index >= 15 is 0 Å². The van der Waals surface area contributed by atoms with Crippen molar-refractivity contribution < 1.29 is 9.59 Å². The first-order chi connectivity index (χ1) is 12.4. The smallest absolute Gasteiger partial charge is 0.317 e. The number of hydrogen-bond acceptors (Lipinski definition) is 2. The number of carbonyl (C=O) groups is 2. The monoisotopic (exact) mass is 364 g/mol. The maximum atomic E-state index is 12.9. The SMILES string of the molecule is CCCCNC(=O)N(CCC)CC(=O)N(Cc1cccn1C)CC(C)C. The Balaban J connectivity index is 2.76. The molecule has 0 spiro atoms. The predicted octanol–water partition coefficient (Wildman–Crippen LogP) is 3.23. The summed E-state index contributed by atoms with van der Waals surface area (Å²) in [7, 11) is 1.98. The van der Waals surface area contributed by atoms with Gasteiger partial charge in [-0.2, -0.15) is 0 Å². The Morgan fingerprint density at radius 2 is 1.92 bits per heavy atom. The fourth-order valence-corrected chi connectivity index (χ4v) is 2.82. The van der Waals surface area contributed by atoms with E-state index in [0.29, 0.717) is 32.1 Å². The largest absolute Gasteiger partial charge is 0.353 e. The molecule has 6 nitrogen and oxygen atoms in total. The molecule has 0 aliphatic rings. The standard InChI is InChI=1S/C20H36N4O2/c1-6-8-11-21-20(26)23(12-7-2)16-19(25)24(14-17(3)4)15-18-10-9-13-22(18)5/h9-10,13,17H,6-8,11-12,14-16H2,1-5H3,(H,21,26). The molecule has 0 fully saturated rings. The Morgan fingerprint density at radius 3 is 2.46 bits per heavy atom. The van der Waals surface area contributed by atoms with Gasteiger partial charge in [0.25, 0.3) is 0 Å². The van der Waals surface area contributed by atoms with Crippen molar-refractivity contribution in [1.29, 1.82) is 0 Å². The molecule has 0 atom stereocenters. The molecule has 148 valence electrons. The fraction of sp³-hybridized carbons (Fsp3) is 0.700. The van der Waals surface area contributed by atoms with Crippen molar-refractivity contribution in [3.8, 4) is 0 Å². The molecule has 1 N–H and O–H groups in total. The third-order valence-electron chi connectivity index (χ3n) is 4.26. The van der Waals surface area contributed by atoms with E-state index in [2.05, 4.69) is 26.1 Å². The number of unbranched alkanes of at least 4 members (excludes halogenated alkanes) is 1. The maximum Gasteiger partial charge on any atom is 0.317 e. The number of aryl methyl sites for hydroxylation is 1. The molecular weight excluding hydrogens is 328 g/mol. The quantitative estimate of drug-likeness (QED) is 0.613. The molecule has 0 bridgehead atoms. The van der Waals surface area contributed by atoms with Crippen LogP contribution in [-0.4, -0.2) is 52.5 Å². The van der Waals surface area contributed by atoms with E-state index in [0.717, 1.165) is 25.0 Å². The van der Waals surface area contributed by atoms with E-state index in [1.54, 1.807) is 4.90 Å². The van der Waals surface area contributed by atoms with Crippen LogP contribution in [0.1, 0.15) is 52.7 Å². The minimum absolute atomic E-state index is 0.000934. The van der Waals surface area contributed by atoms with Crippen LogP contribution in [0.3, 0.4) is 0 Å². The number of nitrogens with zero attached hydrogens (tertiary/aromatic N) is 3. The second-order valence-electron chi connectivity index (χ2n) is 7.29. The lowest BCUT2D eigenvalue weighted by molar-refractivity contribution is -0.133. The predicted molar refractivity (Wildman–Crippen MR) is 106 cm³/mol. The molecule has 0 saturated carbocycles. The number of aromatic nitrogens is 1. The van der Waals surface area contributed by atoms with Gasteiger partial charge in [-0.15, -0.1) is 0 Å². The lowest BCUT2D eigenvalue weighted by Crippen LogP contribution is -2.47. The van der Waals surface area contributed by atoms with Crippen LogP contribution < -0.4 is 5.32 Å². The van der Waals surface area contributed by atoms with Gasteiger partial charge in [-0.3, -0.25) is 4.79 Å². The zero-order chi connectivity index (χ0) is 19.5. The number of urea groups is 1. The summed E-state index contributed by atoms with van der Waals surface area (Å²) in [5.74, 6) is 0.371. The molecule has 26 heavy (non-hydrogen) atoms. The van der Waals surface area contributed by atoms with Crippen molar-refractivity contribution in [2.45, 2.75) is 53.5 Å². The van der Waals surface area contributed by atoms with Crippen LogP contribution in [0.5, 0.6) is 0 Å². The Kier molecular flexibility index (Phi) is 9.84. The van der Waals surface area contributed by atoms with Gasteiger partial charge in [0.1, 0.15) is 6.54 Å². The minimum atomic E-state index is -0.142. The molecule has 0 saturated heterocycles. The number of hydrogen-bond donors (Lipinski definition) is 1. The summed E-state index contributed by atoms with van der Waals surface area (Å²) in [5.41, 5.74) is 1.09. The van der Waals surface area contributed by atoms with Crippen LogP contribution >= 0.6 is 0 Å². The van der Waals surface area contributed by atoms with Crippen LogP contribution in [0.4, 0.5) is 4.79 Å². The molecule has 0 radical (unpaired) electrons. The first-order valence-electron chi connectivity index (χ1n) is 9.79. The first-order valence-corrected chi connectivity index (χ1v) is 9.79. The number of carbonyl (C=O) groups excluding carboxylic acids is 2. The fourth-order valence-electron chi connectivity index (χ4n) is 2.82. The molecule has 6 heteroatoms. The summed E-state index contributed by atoms with van der Waals surface area (Å²) in [5, 5.41) is 2.92. The van der Waals surface area contributed by atoms with Gasteiger partial charge < -0.3 is 19.7 Å². The van der Waals surface area contributed by atoms with E-state index in [4.69, 9.17) is 0 Å². The highest BCUT2D eigenvalue weighted by Crippen LogP contribution is 2.09. The van der Waals surface area contributed by atoms with Gasteiger partial charge in [0.15, 0.2) is 0 Å². The van der Waals surface area contributed by atoms with Crippen LogP contribution in [-0.2, 0) is 18.4 Å². The molecule has 3 amide bonds. The summed E-state index contributed by atoms with van der Waals surface area (Å²) in [6.07, 6.45) is 4.80. The summed E-state index contributed by atoms with van der Waals surface area (Å²) in [4.78, 5) is 28.8. The topological polar surface area (TPSA) is 57.6 Å². The number of nitrogens with one attached hydrogen (secondary N) is 1. The summed E-state index contributed by atoms with van der Waals surface area (Å²) in [6, 6.07) is 3.87. The van der Waals surface area contributed by atoms with Crippen molar-refractivity contribution >= 4 is 11.9 Å². The lowest BCUT2D eigenvalue weighted by Gasteiger charge is -2.29. The second kappa shape index (κ2) is 11.6. The van der Waals surface area contributed by atoms with Crippen molar-refractivity contribution in [3.63, 3.8) is 0 Å². The number of amides is 3. The third kappa shape index (κ3) is 7.50. The van der Waals surface area contributed by atoms with Gasteiger partial charge >= 0.3 is 6.03 Å². The van der Waals surface area contributed by atoms with E-state index in [1.807, 2.05) is 41.8 Å². The van der Waals surface area contributed by atoms with Crippen LogP contribution in [0, 0.1) is 5.92 Å². The first kappa shape index (κ1) is 22.1. The molecule has 1 aromatic heterocycles. The van der Waals surface area contributed by atoms with Gasteiger partial charge in [-0.25, -0.2) is 4.79 Å². The second-order valence-corrected chi connectivity index (χ2v) is 7.29. The van der Waals surface area contributed by atoms with Gasteiger partial charge in [-0.05, 0) is 30.9 Å². The van der Waals surface area contributed by atoms with Crippen molar-refractivity contribution in [2.24, 2.45) is 13.0 Å². The molecular formula is C20H36N4O2. The Labute approximate surface area is 158 Å². The van der Waals surface area contributed by atoms with Crippen molar-refractivity contribution in [2.75, 3.05) is 26.2 Å². The molecule has 1 rings (SSSR count). The molecule has 0 aliphatic carbocycles. The van der Waals surface area contributed by atoms with Gasteiger partial charge in [0.2, 0.25) is 5.91 Å². The highest BCUT2D eigenvalue weighted by atomic mass is 16.2. The summed E-state index contributed by atoms with van der Waals surface area (Å²) >= 11 is 0. The highest BCUT2D eigenvalue weighted by molar-refractivity contribution is 5.84. The van der Waals surface area contributed by atoms with Crippen molar-refractivity contribution in [1.82, 2.24) is 19.7 Å². The van der Waals surface area contributed by atoms with E-state index < -0.39 is 0 Å². The van der Waals surface area contributed by atoms with Crippen LogP contribution in [0.15, 0.2) is 18.3 Å². The van der Waals surface area contributed by atoms with Crippen LogP contribution in [0.25, 0.3) is 0 Å². The van der Waals surface area contributed by atoms with E-state index in [-0.39, 0.29) is 18.5 Å². The molecule has 0 aromatic carbocycles. The third-order valence-corrected chi connectivity index (χ3v) is 4.26. The molecule has 0 unspecified atom stereocenters. The zero-order valence-electron chi connectivity index (χ0n) is 17.1. The van der Waals surface area contributed by atoms with Gasteiger partial charge in [0, 0.05) is 38.6 Å². The van der Waals surface area contributed by atoms with E-state index in [1.165, 1.54) is 0 Å². The van der Waals surface area contributed by atoms with Gasteiger partial charge in [0.05, 0.1) is 6.54 Å². The van der Waals surface area contributed by atoms with Crippen molar-refractivity contribution in [3.05, 3.63) is 24.0 Å². The normalized spacial score (nSPS) is 10.8. The van der Waals surface area contributed by atoms with Gasteiger partial charge in [-0.1, -0.05) is 34.1 Å². The minimum Gasteiger partial charge on any atom is -0.353 e.